The lowest BCUT2D eigenvalue weighted by Crippen LogP contribution is -2.55. The zero-order chi connectivity index (χ0) is 32.3. The predicted octanol–water partition coefficient (Wildman–Crippen LogP) is 5.12. The minimum absolute atomic E-state index is 0.0254. The molecule has 2 aliphatic heterocycles. The molecule has 0 aromatic heterocycles. The van der Waals surface area contributed by atoms with Crippen LogP contribution in [-0.4, -0.2) is 87.8 Å². The van der Waals surface area contributed by atoms with Gasteiger partial charge in [0.25, 0.3) is 0 Å². The lowest BCUT2D eigenvalue weighted by molar-refractivity contribution is -0.173. The highest BCUT2D eigenvalue weighted by Crippen LogP contribution is 2.59. The molecule has 3 fully saturated rings. The fraction of sp³-hybridized carbons (Fsp3) is 0.853. The van der Waals surface area contributed by atoms with Crippen LogP contribution in [-0.2, 0) is 33.3 Å². The highest BCUT2D eigenvalue weighted by Gasteiger charge is 2.72. The van der Waals surface area contributed by atoms with Gasteiger partial charge in [0.05, 0.1) is 38.2 Å². The van der Waals surface area contributed by atoms with E-state index < -0.39 is 6.09 Å². The fourth-order valence-electron chi connectivity index (χ4n) is 6.68. The summed E-state index contributed by atoms with van der Waals surface area (Å²) >= 11 is 0. The van der Waals surface area contributed by atoms with Gasteiger partial charge in [-0.05, 0) is 65.8 Å². The van der Waals surface area contributed by atoms with E-state index in [1.807, 2.05) is 13.8 Å². The number of carbonyl (C=O) groups is 3. The van der Waals surface area contributed by atoms with Crippen LogP contribution in [0.2, 0.25) is 0 Å². The standard InChI is InChI=1S/C34H58N2O8/c1-23(2)14-15-28-33(5,44-28)31-30(40-7)27(16-17-34(31)22-42-34)43-29(38)19-25(24(3)4)21-41-32(39)36-18-12-10-8-9-11-13-26(37)20-35-6/h14,24-25,27-28,30-31,35H,8-13,15-22H2,1-7H3,(H,36,39)/t25-,27?,28+,30?,31?,33+,34-/m0/s1. The van der Waals surface area contributed by atoms with Gasteiger partial charge in [-0.3, -0.25) is 9.59 Å². The van der Waals surface area contributed by atoms with Crippen molar-refractivity contribution < 1.29 is 38.1 Å². The Bertz CT molecular complexity index is 976. The molecule has 10 nitrogen and oxygen atoms in total. The molecule has 1 amide bonds. The minimum atomic E-state index is -0.466. The molecule has 0 aromatic rings. The summed E-state index contributed by atoms with van der Waals surface area (Å²) in [6, 6.07) is 0. The number of nitrogens with one attached hydrogen (secondary N) is 2. The van der Waals surface area contributed by atoms with Crippen molar-refractivity contribution in [2.45, 2.75) is 128 Å². The molecule has 3 rings (SSSR count). The van der Waals surface area contributed by atoms with Gasteiger partial charge >= 0.3 is 12.1 Å². The Balaban J connectivity index is 1.40. The Kier molecular flexibility index (Phi) is 14.1. The van der Waals surface area contributed by atoms with Crippen LogP contribution in [0.3, 0.4) is 0 Å². The number of esters is 1. The molecule has 1 spiro atoms. The first-order valence-electron chi connectivity index (χ1n) is 16.7. The number of Topliss-reactive ketones (excluding diaryl/α,β-unsaturated/α-hetero) is 1. The molecular formula is C34H58N2O8. The van der Waals surface area contributed by atoms with Gasteiger partial charge in [0.2, 0.25) is 0 Å². The summed E-state index contributed by atoms with van der Waals surface area (Å²) < 4.78 is 29.8. The topological polar surface area (TPSA) is 128 Å². The predicted molar refractivity (Wildman–Crippen MR) is 168 cm³/mol. The molecular weight excluding hydrogens is 564 g/mol. The molecule has 0 radical (unpaired) electrons. The van der Waals surface area contributed by atoms with Crippen molar-refractivity contribution in [2.75, 3.05) is 40.5 Å². The molecule has 3 aliphatic rings. The maximum atomic E-state index is 13.2. The molecule has 0 bridgehead atoms. The van der Waals surface area contributed by atoms with Gasteiger partial charge in [0.15, 0.2) is 0 Å². The second kappa shape index (κ2) is 17.1. The van der Waals surface area contributed by atoms with E-state index in [4.69, 9.17) is 23.7 Å². The molecule has 2 saturated heterocycles. The summed E-state index contributed by atoms with van der Waals surface area (Å²) in [4.78, 5) is 37.0. The Hall–Kier alpha value is -2.01. The number of epoxide rings is 2. The van der Waals surface area contributed by atoms with Crippen LogP contribution in [0.5, 0.6) is 0 Å². The Labute approximate surface area is 264 Å². The van der Waals surface area contributed by atoms with E-state index in [0.717, 1.165) is 44.9 Å². The molecule has 10 heteroatoms. The van der Waals surface area contributed by atoms with Crippen LogP contribution in [0.4, 0.5) is 4.79 Å². The third-order valence-corrected chi connectivity index (χ3v) is 9.60. The first-order valence-corrected chi connectivity index (χ1v) is 16.7. The number of likely N-dealkylation sites (N-methyl/N-ethyl adjacent to an activating group) is 1. The molecule has 1 saturated carbocycles. The summed E-state index contributed by atoms with van der Waals surface area (Å²) in [5.74, 6) is -0.111. The van der Waals surface area contributed by atoms with Gasteiger partial charge in [-0.25, -0.2) is 4.79 Å². The second-order valence-corrected chi connectivity index (χ2v) is 13.7. The highest BCUT2D eigenvalue weighted by atomic mass is 16.6. The molecule has 1 aliphatic carbocycles. The van der Waals surface area contributed by atoms with Crippen LogP contribution in [0.25, 0.3) is 0 Å². The number of hydrogen-bond acceptors (Lipinski definition) is 9. The quantitative estimate of drug-likeness (QED) is 0.0823. The smallest absolute Gasteiger partial charge is 0.407 e. The third-order valence-electron chi connectivity index (χ3n) is 9.60. The normalized spacial score (nSPS) is 29.6. The molecule has 252 valence electrons. The van der Waals surface area contributed by atoms with Crippen molar-refractivity contribution in [1.29, 1.82) is 0 Å². The van der Waals surface area contributed by atoms with Gasteiger partial charge < -0.3 is 34.3 Å². The maximum absolute atomic E-state index is 13.2. The molecule has 3 unspecified atom stereocenters. The zero-order valence-corrected chi connectivity index (χ0v) is 28.2. The largest absolute Gasteiger partial charge is 0.460 e. The molecule has 0 aromatic carbocycles. The number of hydrogen-bond donors (Lipinski definition) is 2. The first kappa shape index (κ1) is 36.5. The second-order valence-electron chi connectivity index (χ2n) is 13.7. The summed E-state index contributed by atoms with van der Waals surface area (Å²) in [5, 5.41) is 5.69. The first-order chi connectivity index (χ1) is 21.0. The number of ketones is 1. The van der Waals surface area contributed by atoms with E-state index in [-0.39, 0.29) is 72.0 Å². The van der Waals surface area contributed by atoms with Crippen LogP contribution in [0.1, 0.15) is 98.8 Å². The zero-order valence-electron chi connectivity index (χ0n) is 28.2. The average Bonchev–Trinajstić information content (AvgIpc) is 3.88. The van der Waals surface area contributed by atoms with Gasteiger partial charge in [-0.2, -0.15) is 0 Å². The number of ether oxygens (including phenoxy) is 5. The highest BCUT2D eigenvalue weighted by molar-refractivity contribution is 5.80. The fourth-order valence-corrected chi connectivity index (χ4v) is 6.68. The van der Waals surface area contributed by atoms with Crippen LogP contribution < -0.4 is 10.6 Å². The van der Waals surface area contributed by atoms with E-state index >= 15 is 0 Å². The van der Waals surface area contributed by atoms with E-state index in [1.165, 1.54) is 5.57 Å². The van der Waals surface area contributed by atoms with Crippen molar-refractivity contribution in [3.05, 3.63) is 11.6 Å². The third kappa shape index (κ3) is 10.5. The van der Waals surface area contributed by atoms with E-state index in [1.54, 1.807) is 14.2 Å². The monoisotopic (exact) mass is 622 g/mol. The van der Waals surface area contributed by atoms with E-state index in [9.17, 15) is 14.4 Å². The van der Waals surface area contributed by atoms with Crippen molar-refractivity contribution in [1.82, 2.24) is 10.6 Å². The van der Waals surface area contributed by atoms with Crippen molar-refractivity contribution in [2.24, 2.45) is 17.8 Å². The average molecular weight is 623 g/mol. The number of methoxy groups -OCH3 is 1. The maximum Gasteiger partial charge on any atom is 0.407 e. The Morgan fingerprint density at radius 3 is 2.43 bits per heavy atom. The summed E-state index contributed by atoms with van der Waals surface area (Å²) in [6.07, 6.45) is 9.01. The minimum Gasteiger partial charge on any atom is -0.460 e. The summed E-state index contributed by atoms with van der Waals surface area (Å²) in [6.45, 7) is 12.2. The lowest BCUT2D eigenvalue weighted by atomic mass is 9.68. The van der Waals surface area contributed by atoms with Gasteiger partial charge in [-0.15, -0.1) is 0 Å². The summed E-state index contributed by atoms with van der Waals surface area (Å²) in [5.41, 5.74) is 0.604. The van der Waals surface area contributed by atoms with E-state index in [0.29, 0.717) is 32.5 Å². The van der Waals surface area contributed by atoms with Crippen LogP contribution in [0.15, 0.2) is 11.6 Å². The van der Waals surface area contributed by atoms with Crippen molar-refractivity contribution in [3.8, 4) is 0 Å². The Morgan fingerprint density at radius 1 is 1.09 bits per heavy atom. The molecule has 2 N–H and O–H groups in total. The number of rotatable bonds is 20. The van der Waals surface area contributed by atoms with Crippen LogP contribution >= 0.6 is 0 Å². The lowest BCUT2D eigenvalue weighted by Gasteiger charge is -2.42. The molecule has 7 atom stereocenters. The number of allylic oxidation sites excluding steroid dienone is 1. The van der Waals surface area contributed by atoms with Crippen molar-refractivity contribution >= 4 is 17.8 Å². The molecule has 2 heterocycles. The van der Waals surface area contributed by atoms with Crippen molar-refractivity contribution in [3.63, 3.8) is 0 Å². The SMILES string of the molecule is CNCC(=O)CCCCCCCNC(=O)OC[C@H](CC(=O)OC1CC[C@]2(CO2)C([C@]2(C)O[C@@H]2CC=C(C)C)C1OC)C(C)C. The summed E-state index contributed by atoms with van der Waals surface area (Å²) in [7, 11) is 3.46. The van der Waals surface area contributed by atoms with Gasteiger partial charge in [0.1, 0.15) is 29.2 Å². The van der Waals surface area contributed by atoms with Crippen LogP contribution in [0, 0.1) is 17.8 Å². The Morgan fingerprint density at radius 2 is 1.80 bits per heavy atom. The van der Waals surface area contributed by atoms with Gasteiger partial charge in [0, 0.05) is 26.0 Å². The number of unbranched alkanes of at least 4 members (excludes halogenated alkanes) is 4. The number of carbonyl (C=O) groups excluding carboxylic acids is 3. The van der Waals surface area contributed by atoms with Gasteiger partial charge in [-0.1, -0.05) is 44.8 Å². The molecule has 44 heavy (non-hydrogen) atoms. The number of alkyl carbamates (subject to hydrolysis) is 1. The van der Waals surface area contributed by atoms with E-state index in [2.05, 4.69) is 37.5 Å². The number of amides is 1.